The van der Waals surface area contributed by atoms with Gasteiger partial charge in [0.05, 0.1) is 11.1 Å². The zero-order valence-electron chi connectivity index (χ0n) is 11.2. The zero-order chi connectivity index (χ0) is 14.3. The summed E-state index contributed by atoms with van der Waals surface area (Å²) in [6, 6.07) is 4.17. The van der Waals surface area contributed by atoms with E-state index in [9.17, 15) is 9.59 Å². The topological polar surface area (TPSA) is 74.6 Å². The van der Waals surface area contributed by atoms with Crippen LogP contribution in [0.15, 0.2) is 18.2 Å². The fraction of sp³-hybridized carbons (Fsp3) is 0.429. The van der Waals surface area contributed by atoms with Gasteiger partial charge in [-0.3, -0.25) is 0 Å². The molecule has 0 radical (unpaired) electrons. The highest BCUT2D eigenvalue weighted by Gasteiger charge is 2.13. The molecule has 0 aromatic heterocycles. The summed E-state index contributed by atoms with van der Waals surface area (Å²) in [4.78, 5) is 21.2. The largest absolute Gasteiger partial charge is 0.478 e. The van der Waals surface area contributed by atoms with Crippen LogP contribution in [-0.2, 0) is 0 Å². The first-order chi connectivity index (χ1) is 8.31. The number of hydrogen-bond donors (Lipinski definition) is 2. The normalized spacial score (nSPS) is 9.61. The van der Waals surface area contributed by atoms with Crippen LogP contribution in [0.25, 0.3) is 0 Å². The number of hydrogen-bond acceptors (Lipinski definition) is 2. The summed E-state index contributed by atoms with van der Waals surface area (Å²) >= 11 is 0. The standard InChI is InChI=1S/C9H8O4.C5H12/c1-5-6(8(10)11)3-2-4-7(5)9(12)13;1-4-5(2)3/h2-4H,1H3,(H,10,11)(H,12,13);5H,4H2,1-3H3. The van der Waals surface area contributed by atoms with E-state index in [1.54, 1.807) is 0 Å². The van der Waals surface area contributed by atoms with E-state index in [0.29, 0.717) is 0 Å². The second kappa shape index (κ2) is 7.48. The van der Waals surface area contributed by atoms with Crippen LogP contribution in [0.5, 0.6) is 0 Å². The SMILES string of the molecule is CCC(C)C.Cc1c(C(=O)O)cccc1C(=O)O. The molecule has 4 nitrogen and oxygen atoms in total. The van der Waals surface area contributed by atoms with E-state index in [2.05, 4.69) is 20.8 Å². The van der Waals surface area contributed by atoms with Gasteiger partial charge < -0.3 is 10.2 Å². The predicted molar refractivity (Wildman–Crippen MR) is 70.2 cm³/mol. The lowest BCUT2D eigenvalue weighted by molar-refractivity contribution is 0.0696. The van der Waals surface area contributed by atoms with Crippen molar-refractivity contribution >= 4 is 11.9 Å². The average molecular weight is 252 g/mol. The van der Waals surface area contributed by atoms with Gasteiger partial charge in [-0.15, -0.1) is 0 Å². The maximum absolute atomic E-state index is 10.6. The Labute approximate surface area is 107 Å². The van der Waals surface area contributed by atoms with E-state index in [-0.39, 0.29) is 16.7 Å². The maximum atomic E-state index is 10.6. The van der Waals surface area contributed by atoms with Crippen LogP contribution in [0.2, 0.25) is 0 Å². The highest BCUT2D eigenvalue weighted by Crippen LogP contribution is 2.13. The van der Waals surface area contributed by atoms with Gasteiger partial charge in [-0.05, 0) is 30.5 Å². The van der Waals surface area contributed by atoms with Gasteiger partial charge in [0, 0.05) is 0 Å². The summed E-state index contributed by atoms with van der Waals surface area (Å²) in [7, 11) is 0. The summed E-state index contributed by atoms with van der Waals surface area (Å²) in [5.74, 6) is -1.34. The maximum Gasteiger partial charge on any atom is 0.335 e. The van der Waals surface area contributed by atoms with E-state index < -0.39 is 11.9 Å². The van der Waals surface area contributed by atoms with Gasteiger partial charge in [-0.2, -0.15) is 0 Å². The van der Waals surface area contributed by atoms with Crippen molar-refractivity contribution < 1.29 is 19.8 Å². The van der Waals surface area contributed by atoms with Crippen molar-refractivity contribution in [3.8, 4) is 0 Å². The molecule has 18 heavy (non-hydrogen) atoms. The zero-order valence-corrected chi connectivity index (χ0v) is 11.2. The lowest BCUT2D eigenvalue weighted by Gasteiger charge is -2.03. The van der Waals surface area contributed by atoms with Crippen LogP contribution in [0.4, 0.5) is 0 Å². The van der Waals surface area contributed by atoms with Crippen molar-refractivity contribution in [2.75, 3.05) is 0 Å². The van der Waals surface area contributed by atoms with Gasteiger partial charge in [0.25, 0.3) is 0 Å². The fourth-order valence-corrected chi connectivity index (χ4v) is 1.10. The summed E-state index contributed by atoms with van der Waals surface area (Å²) in [6.07, 6.45) is 1.31. The third kappa shape index (κ3) is 4.99. The van der Waals surface area contributed by atoms with Crippen molar-refractivity contribution in [3.63, 3.8) is 0 Å². The Morgan fingerprint density at radius 1 is 1.11 bits per heavy atom. The van der Waals surface area contributed by atoms with Gasteiger partial charge in [-0.1, -0.05) is 33.3 Å². The molecule has 100 valence electrons. The molecule has 0 amide bonds. The first-order valence-corrected chi connectivity index (χ1v) is 5.87. The fourth-order valence-electron chi connectivity index (χ4n) is 1.10. The minimum absolute atomic E-state index is 0.0277. The molecule has 4 heteroatoms. The van der Waals surface area contributed by atoms with Crippen molar-refractivity contribution in [2.45, 2.75) is 34.1 Å². The number of rotatable bonds is 3. The summed E-state index contributed by atoms with van der Waals surface area (Å²) in [5.41, 5.74) is 0.335. The van der Waals surface area contributed by atoms with E-state index in [0.717, 1.165) is 5.92 Å². The molecule has 0 aliphatic heterocycles. The van der Waals surface area contributed by atoms with Crippen molar-refractivity contribution in [3.05, 3.63) is 34.9 Å². The van der Waals surface area contributed by atoms with Crippen molar-refractivity contribution in [1.82, 2.24) is 0 Å². The Bertz CT molecular complexity index is 390. The minimum atomic E-state index is -1.11. The quantitative estimate of drug-likeness (QED) is 0.864. The van der Waals surface area contributed by atoms with E-state index in [1.807, 2.05) is 0 Å². The van der Waals surface area contributed by atoms with Gasteiger partial charge in [-0.25, -0.2) is 9.59 Å². The third-order valence-corrected chi connectivity index (χ3v) is 2.61. The van der Waals surface area contributed by atoms with Crippen LogP contribution in [-0.4, -0.2) is 22.2 Å². The molecule has 0 bridgehead atoms. The lowest BCUT2D eigenvalue weighted by Crippen LogP contribution is -2.06. The summed E-state index contributed by atoms with van der Waals surface area (Å²) < 4.78 is 0. The molecule has 1 aromatic rings. The van der Waals surface area contributed by atoms with Crippen LogP contribution in [0.1, 0.15) is 53.5 Å². The molecule has 0 saturated heterocycles. The molecule has 0 heterocycles. The first kappa shape index (κ1) is 16.2. The van der Waals surface area contributed by atoms with E-state index in [1.165, 1.54) is 31.5 Å². The second-order valence-corrected chi connectivity index (χ2v) is 4.39. The van der Waals surface area contributed by atoms with Gasteiger partial charge in [0.1, 0.15) is 0 Å². The van der Waals surface area contributed by atoms with Crippen molar-refractivity contribution in [2.24, 2.45) is 5.92 Å². The number of aromatic carboxylic acids is 2. The number of carboxylic acids is 2. The molecule has 0 fully saturated rings. The molecule has 0 aliphatic carbocycles. The lowest BCUT2D eigenvalue weighted by atomic mass is 10.0. The highest BCUT2D eigenvalue weighted by molar-refractivity contribution is 5.96. The van der Waals surface area contributed by atoms with Crippen molar-refractivity contribution in [1.29, 1.82) is 0 Å². The molecule has 2 N–H and O–H groups in total. The first-order valence-electron chi connectivity index (χ1n) is 5.87. The number of carboxylic acid groups (broad SMARTS) is 2. The van der Waals surface area contributed by atoms with Gasteiger partial charge in [0.2, 0.25) is 0 Å². The molecule has 0 spiro atoms. The Hall–Kier alpha value is -1.84. The Morgan fingerprint density at radius 2 is 1.44 bits per heavy atom. The number of benzene rings is 1. The Kier molecular flexibility index (Phi) is 6.71. The smallest absolute Gasteiger partial charge is 0.335 e. The monoisotopic (exact) mass is 252 g/mol. The summed E-state index contributed by atoms with van der Waals surface area (Å²) in [6.45, 7) is 8.12. The molecular weight excluding hydrogens is 232 g/mol. The van der Waals surface area contributed by atoms with Crippen LogP contribution in [0, 0.1) is 12.8 Å². The van der Waals surface area contributed by atoms with Crippen LogP contribution < -0.4 is 0 Å². The molecule has 0 atom stereocenters. The minimum Gasteiger partial charge on any atom is -0.478 e. The van der Waals surface area contributed by atoms with Crippen LogP contribution in [0.3, 0.4) is 0 Å². The Morgan fingerprint density at radius 3 is 1.67 bits per heavy atom. The predicted octanol–water partition coefficient (Wildman–Crippen LogP) is 3.44. The molecule has 1 aromatic carbocycles. The molecular formula is C14H20O4. The second-order valence-electron chi connectivity index (χ2n) is 4.39. The third-order valence-electron chi connectivity index (χ3n) is 2.61. The summed E-state index contributed by atoms with van der Waals surface area (Å²) in [5, 5.41) is 17.4. The Balaban J connectivity index is 0.000000494. The van der Waals surface area contributed by atoms with E-state index in [4.69, 9.17) is 10.2 Å². The number of carbonyl (C=O) groups is 2. The van der Waals surface area contributed by atoms with Gasteiger partial charge in [0.15, 0.2) is 0 Å². The van der Waals surface area contributed by atoms with Gasteiger partial charge >= 0.3 is 11.9 Å². The van der Waals surface area contributed by atoms with E-state index >= 15 is 0 Å². The molecule has 0 saturated carbocycles. The highest BCUT2D eigenvalue weighted by atomic mass is 16.4. The molecule has 0 unspecified atom stereocenters. The van der Waals surface area contributed by atoms with Crippen LogP contribution >= 0.6 is 0 Å². The molecule has 0 aliphatic rings. The molecule has 1 rings (SSSR count). The average Bonchev–Trinajstić information content (AvgIpc) is 2.29.